The van der Waals surface area contributed by atoms with Crippen molar-refractivity contribution in [3.63, 3.8) is 0 Å². The second kappa shape index (κ2) is 6.66. The molecule has 0 amide bonds. The number of hydrogen-bond acceptors (Lipinski definition) is 7. The lowest BCUT2D eigenvalue weighted by molar-refractivity contribution is -0.156. The van der Waals surface area contributed by atoms with Gasteiger partial charge in [-0.1, -0.05) is 0 Å². The van der Waals surface area contributed by atoms with E-state index in [1.807, 2.05) is 0 Å². The van der Waals surface area contributed by atoms with E-state index in [0.29, 0.717) is 18.5 Å². The van der Waals surface area contributed by atoms with Crippen molar-refractivity contribution in [1.82, 2.24) is 9.55 Å². The zero-order valence-electron chi connectivity index (χ0n) is 14.3. The molecule has 1 aliphatic carbocycles. The monoisotopic (exact) mass is 363 g/mol. The third kappa shape index (κ3) is 3.07. The molecule has 1 saturated carbocycles. The van der Waals surface area contributed by atoms with Gasteiger partial charge in [0.05, 0.1) is 19.4 Å². The van der Waals surface area contributed by atoms with Crippen molar-refractivity contribution in [3.8, 4) is 11.7 Å². The lowest BCUT2D eigenvalue weighted by Crippen LogP contribution is -2.32. The Balaban J connectivity index is 1.97. The molecule has 1 aromatic heterocycles. The van der Waals surface area contributed by atoms with E-state index in [9.17, 15) is 14.0 Å². The average Bonchev–Trinajstić information content (AvgIpc) is 3.31. The number of ether oxygens (including phenoxy) is 3. The smallest absolute Gasteiger partial charge is 0.360 e. The molecule has 0 aliphatic heterocycles. The van der Waals surface area contributed by atoms with Gasteiger partial charge in [-0.15, -0.1) is 0 Å². The number of nitrogens with two attached hydrogens (primary N) is 1. The minimum absolute atomic E-state index is 0.0297. The Morgan fingerprint density at radius 1 is 1.31 bits per heavy atom. The van der Waals surface area contributed by atoms with Gasteiger partial charge in [-0.3, -0.25) is 4.57 Å². The van der Waals surface area contributed by atoms with Gasteiger partial charge >= 0.3 is 17.9 Å². The molecule has 0 spiro atoms. The molecule has 0 atom stereocenters. The Kier molecular flexibility index (Phi) is 4.54. The summed E-state index contributed by atoms with van der Waals surface area (Å²) in [6, 6.07) is 5.35. The van der Waals surface area contributed by atoms with Crippen molar-refractivity contribution in [2.24, 2.45) is 0 Å². The molecule has 8 nitrogen and oxygen atoms in total. The Hall–Kier alpha value is -3.10. The number of benzene rings is 1. The van der Waals surface area contributed by atoms with Gasteiger partial charge in [0.25, 0.3) is 0 Å². The van der Waals surface area contributed by atoms with Crippen LogP contribution in [0.25, 0.3) is 5.69 Å². The second-order valence-corrected chi connectivity index (χ2v) is 5.75. The summed E-state index contributed by atoms with van der Waals surface area (Å²) in [6.45, 7) is 1.85. The van der Waals surface area contributed by atoms with Crippen LogP contribution in [0.4, 0.5) is 10.2 Å². The fourth-order valence-electron chi connectivity index (χ4n) is 2.53. The Bertz CT molecular complexity index is 843. The van der Waals surface area contributed by atoms with E-state index >= 15 is 0 Å². The number of esters is 2. The number of anilines is 1. The van der Waals surface area contributed by atoms with Crippen LogP contribution < -0.4 is 10.5 Å². The summed E-state index contributed by atoms with van der Waals surface area (Å²) in [4.78, 5) is 28.7. The van der Waals surface area contributed by atoms with Crippen molar-refractivity contribution in [3.05, 3.63) is 35.8 Å². The number of rotatable bonds is 6. The van der Waals surface area contributed by atoms with Gasteiger partial charge < -0.3 is 19.9 Å². The number of carbonyl (C=O) groups is 2. The zero-order valence-corrected chi connectivity index (χ0v) is 14.3. The molecule has 0 bridgehead atoms. The lowest BCUT2D eigenvalue weighted by Gasteiger charge is -2.16. The van der Waals surface area contributed by atoms with Gasteiger partial charge in [-0.25, -0.2) is 14.0 Å². The molecule has 138 valence electrons. The topological polar surface area (TPSA) is 106 Å². The van der Waals surface area contributed by atoms with Crippen molar-refractivity contribution >= 4 is 17.8 Å². The quantitative estimate of drug-likeness (QED) is 0.781. The largest absolute Gasteiger partial charge is 0.468 e. The first-order chi connectivity index (χ1) is 12.4. The number of nitrogen functional groups attached to an aromatic ring is 1. The van der Waals surface area contributed by atoms with Crippen LogP contribution in [0.15, 0.2) is 24.3 Å². The van der Waals surface area contributed by atoms with Crippen LogP contribution in [-0.4, -0.2) is 40.8 Å². The molecule has 0 unspecified atom stereocenters. The number of methoxy groups -OCH3 is 1. The maximum Gasteiger partial charge on any atom is 0.360 e. The predicted molar refractivity (Wildman–Crippen MR) is 88.5 cm³/mol. The first kappa shape index (κ1) is 17.7. The number of carbonyl (C=O) groups excluding carboxylic acids is 2. The summed E-state index contributed by atoms with van der Waals surface area (Å²) >= 11 is 0. The Morgan fingerprint density at radius 3 is 2.50 bits per heavy atom. The minimum Gasteiger partial charge on any atom is -0.468 e. The molecule has 1 fully saturated rings. The SMILES string of the molecule is CCOC(=O)C1(OC(=O)c2c(N)nc(OC)n2-c2ccc(F)cc2)CC1. The van der Waals surface area contributed by atoms with E-state index in [1.165, 1.54) is 35.9 Å². The van der Waals surface area contributed by atoms with Crippen LogP contribution in [-0.2, 0) is 14.3 Å². The van der Waals surface area contributed by atoms with Gasteiger partial charge in [0.15, 0.2) is 11.5 Å². The van der Waals surface area contributed by atoms with Crippen molar-refractivity contribution in [2.75, 3.05) is 19.5 Å². The van der Waals surface area contributed by atoms with Crippen LogP contribution in [0.2, 0.25) is 0 Å². The molecule has 26 heavy (non-hydrogen) atoms. The highest BCUT2D eigenvalue weighted by Gasteiger charge is 2.56. The molecule has 2 aromatic rings. The second-order valence-electron chi connectivity index (χ2n) is 5.75. The highest BCUT2D eigenvalue weighted by atomic mass is 19.1. The Labute approximate surface area is 148 Å². The van der Waals surface area contributed by atoms with E-state index < -0.39 is 23.4 Å². The standard InChI is InChI=1S/C17H18FN3O5/c1-3-25-15(23)17(8-9-17)26-14(22)12-13(19)20-16(24-2)21(12)11-6-4-10(18)5-7-11/h4-7H,3,8-9,19H2,1-2H3. The third-order valence-corrected chi connectivity index (χ3v) is 3.97. The fraction of sp³-hybridized carbons (Fsp3) is 0.353. The minimum atomic E-state index is -1.29. The third-order valence-electron chi connectivity index (χ3n) is 3.97. The number of halogens is 1. The first-order valence-electron chi connectivity index (χ1n) is 8.00. The summed E-state index contributed by atoms with van der Waals surface area (Å²) in [5, 5.41) is 0. The highest BCUT2D eigenvalue weighted by Crippen LogP contribution is 2.42. The fourth-order valence-corrected chi connectivity index (χ4v) is 2.53. The summed E-state index contributed by atoms with van der Waals surface area (Å²) in [5.41, 5.74) is 4.87. The molecule has 1 aromatic carbocycles. The molecule has 0 radical (unpaired) electrons. The van der Waals surface area contributed by atoms with E-state index in [4.69, 9.17) is 19.9 Å². The molecular formula is C17H18FN3O5. The zero-order chi connectivity index (χ0) is 18.9. The molecule has 1 heterocycles. The van der Waals surface area contributed by atoms with Crippen molar-refractivity contribution < 1.29 is 28.2 Å². The average molecular weight is 363 g/mol. The van der Waals surface area contributed by atoms with E-state index in [2.05, 4.69) is 4.98 Å². The summed E-state index contributed by atoms with van der Waals surface area (Å²) in [6.07, 6.45) is 0.749. The normalized spacial score (nSPS) is 14.6. The maximum absolute atomic E-state index is 13.2. The van der Waals surface area contributed by atoms with Gasteiger partial charge in [-0.05, 0) is 31.2 Å². The van der Waals surface area contributed by atoms with E-state index in [1.54, 1.807) is 6.92 Å². The summed E-state index contributed by atoms with van der Waals surface area (Å²) in [5.74, 6) is -2.00. The van der Waals surface area contributed by atoms with Crippen molar-refractivity contribution in [1.29, 1.82) is 0 Å². The molecule has 9 heteroatoms. The maximum atomic E-state index is 13.2. The number of nitrogens with zero attached hydrogens (tertiary/aromatic N) is 2. The van der Waals surface area contributed by atoms with Crippen LogP contribution >= 0.6 is 0 Å². The van der Waals surface area contributed by atoms with Crippen LogP contribution in [0.3, 0.4) is 0 Å². The molecule has 0 saturated heterocycles. The number of imidazole rings is 1. The summed E-state index contributed by atoms with van der Waals surface area (Å²) < 4.78 is 30.0. The Morgan fingerprint density at radius 2 is 1.96 bits per heavy atom. The van der Waals surface area contributed by atoms with Gasteiger partial charge in [0.1, 0.15) is 5.82 Å². The van der Waals surface area contributed by atoms with Gasteiger partial charge in [0.2, 0.25) is 5.60 Å². The molecule has 3 rings (SSSR count). The van der Waals surface area contributed by atoms with Crippen LogP contribution in [0, 0.1) is 5.82 Å². The van der Waals surface area contributed by atoms with E-state index in [0.717, 1.165) is 0 Å². The van der Waals surface area contributed by atoms with Crippen LogP contribution in [0.1, 0.15) is 30.3 Å². The number of hydrogen-bond donors (Lipinski definition) is 1. The molecule has 2 N–H and O–H groups in total. The van der Waals surface area contributed by atoms with Gasteiger partial charge in [0, 0.05) is 12.8 Å². The van der Waals surface area contributed by atoms with Gasteiger partial charge in [-0.2, -0.15) is 4.98 Å². The number of aromatic nitrogens is 2. The summed E-state index contributed by atoms with van der Waals surface area (Å²) in [7, 11) is 1.36. The van der Waals surface area contributed by atoms with Crippen molar-refractivity contribution in [2.45, 2.75) is 25.4 Å². The predicted octanol–water partition coefficient (Wildman–Crippen LogP) is 1.85. The molecule has 1 aliphatic rings. The van der Waals surface area contributed by atoms with E-state index in [-0.39, 0.29) is 24.1 Å². The first-order valence-corrected chi connectivity index (χ1v) is 8.00. The highest BCUT2D eigenvalue weighted by molar-refractivity contribution is 5.96. The van der Waals surface area contributed by atoms with Crippen LogP contribution in [0.5, 0.6) is 6.01 Å². The molecular weight excluding hydrogens is 345 g/mol. The lowest BCUT2D eigenvalue weighted by atomic mass is 10.3.